The van der Waals surface area contributed by atoms with Gasteiger partial charge in [-0.1, -0.05) is 37.7 Å². The van der Waals surface area contributed by atoms with Crippen LogP contribution in [0.2, 0.25) is 0 Å². The summed E-state index contributed by atoms with van der Waals surface area (Å²) in [4.78, 5) is 19.2. The maximum Gasteiger partial charge on any atom is 0.303 e. The number of allylic oxidation sites excluding steroid dienone is 1. The van der Waals surface area contributed by atoms with E-state index in [2.05, 4.69) is 40.8 Å². The van der Waals surface area contributed by atoms with Gasteiger partial charge in [0.1, 0.15) is 11.9 Å². The van der Waals surface area contributed by atoms with Crippen molar-refractivity contribution in [2.45, 2.75) is 64.5 Å². The number of carbonyl (C=O) groups excluding carboxylic acids is 1. The molecule has 5 nitrogen and oxygen atoms in total. The average molecular weight is 461 g/mol. The highest BCUT2D eigenvalue weighted by Gasteiger charge is 2.44. The third-order valence-corrected chi connectivity index (χ3v) is 7.22. The number of unbranched alkanes of at least 4 members (excludes halogenated alkanes) is 3. The van der Waals surface area contributed by atoms with E-state index in [1.165, 1.54) is 32.6 Å². The summed E-state index contributed by atoms with van der Waals surface area (Å²) in [5, 5.41) is 0.977. The molecule has 3 aliphatic heterocycles. The Balaban J connectivity index is 1.54. The number of esters is 1. The van der Waals surface area contributed by atoms with E-state index in [0.29, 0.717) is 11.8 Å². The number of aromatic nitrogens is 1. The van der Waals surface area contributed by atoms with Crippen molar-refractivity contribution < 1.29 is 14.3 Å². The smallest absolute Gasteiger partial charge is 0.303 e. The minimum absolute atomic E-state index is 0.157. The maximum absolute atomic E-state index is 12.2. The zero-order valence-electron chi connectivity index (χ0n) is 20.6. The van der Waals surface area contributed by atoms with Crippen molar-refractivity contribution in [2.75, 3.05) is 20.2 Å². The summed E-state index contributed by atoms with van der Waals surface area (Å²) >= 11 is 0. The largest absolute Gasteiger partial charge is 0.497 e. The quantitative estimate of drug-likeness (QED) is 0.287. The second-order valence-corrected chi connectivity index (χ2v) is 9.46. The molecule has 1 aromatic heterocycles. The van der Waals surface area contributed by atoms with Crippen LogP contribution in [0.4, 0.5) is 0 Å². The van der Waals surface area contributed by atoms with Gasteiger partial charge in [-0.05, 0) is 68.0 Å². The molecule has 34 heavy (non-hydrogen) atoms. The number of fused-ring (bicyclic) bond motifs is 4. The molecule has 180 valence electrons. The molecule has 0 N–H and O–H groups in total. The fraction of sp³-hybridized carbons (Fsp3) is 0.517. The number of pyridine rings is 1. The Hall–Kier alpha value is -2.84. The molecule has 0 spiro atoms. The molecule has 2 bridgehead atoms. The van der Waals surface area contributed by atoms with Gasteiger partial charge in [0.05, 0.1) is 18.7 Å². The topological polar surface area (TPSA) is 51.7 Å². The van der Waals surface area contributed by atoms with Crippen LogP contribution in [-0.2, 0) is 9.53 Å². The van der Waals surface area contributed by atoms with E-state index in [4.69, 9.17) is 9.47 Å². The summed E-state index contributed by atoms with van der Waals surface area (Å²) in [5.41, 5.74) is 1.88. The van der Waals surface area contributed by atoms with E-state index in [9.17, 15) is 4.79 Å². The highest BCUT2D eigenvalue weighted by atomic mass is 16.5. The number of methoxy groups -OCH3 is 1. The molecule has 0 aliphatic carbocycles. The molecule has 0 saturated carbocycles. The Morgan fingerprint density at radius 1 is 1.32 bits per heavy atom. The summed E-state index contributed by atoms with van der Waals surface area (Å²) in [6, 6.07) is 8.01. The summed E-state index contributed by atoms with van der Waals surface area (Å²) in [5.74, 6) is 8.11. The van der Waals surface area contributed by atoms with Gasteiger partial charge in [0.25, 0.3) is 0 Å². The molecule has 5 heteroatoms. The van der Waals surface area contributed by atoms with Crippen molar-refractivity contribution in [1.29, 1.82) is 0 Å². The predicted molar refractivity (Wildman–Crippen MR) is 135 cm³/mol. The minimum atomic E-state index is -0.332. The summed E-state index contributed by atoms with van der Waals surface area (Å²) in [6.07, 6.45) is 12.7. The molecule has 0 radical (unpaired) electrons. The molecule has 0 amide bonds. The predicted octanol–water partition coefficient (Wildman–Crippen LogP) is 5.70. The van der Waals surface area contributed by atoms with Crippen molar-refractivity contribution in [3.63, 3.8) is 0 Å². The molecule has 3 aliphatic rings. The molecule has 3 saturated heterocycles. The van der Waals surface area contributed by atoms with E-state index >= 15 is 0 Å². The molecule has 3 fully saturated rings. The van der Waals surface area contributed by atoms with Crippen molar-refractivity contribution in [3.8, 4) is 17.6 Å². The van der Waals surface area contributed by atoms with Gasteiger partial charge in [-0.3, -0.25) is 14.7 Å². The molecule has 1 unspecified atom stereocenters. The number of hydrogen-bond donors (Lipinski definition) is 0. The van der Waals surface area contributed by atoms with Gasteiger partial charge in [0.2, 0.25) is 0 Å². The lowest BCUT2D eigenvalue weighted by atomic mass is 9.73. The van der Waals surface area contributed by atoms with Crippen LogP contribution in [0.5, 0.6) is 5.75 Å². The number of rotatable bonds is 8. The average Bonchev–Trinajstić information content (AvgIpc) is 2.86. The minimum Gasteiger partial charge on any atom is -0.497 e. The first-order valence-electron chi connectivity index (χ1n) is 12.6. The summed E-state index contributed by atoms with van der Waals surface area (Å²) in [6.45, 7) is 5.73. The van der Waals surface area contributed by atoms with Gasteiger partial charge in [0.15, 0.2) is 0 Å². The van der Waals surface area contributed by atoms with Crippen LogP contribution in [-0.4, -0.2) is 42.1 Å². The Bertz CT molecular complexity index is 1080. The maximum atomic E-state index is 12.2. The number of piperidine rings is 3. The molecule has 5 atom stereocenters. The Morgan fingerprint density at radius 2 is 2.21 bits per heavy atom. The molecule has 2 aromatic rings. The third kappa shape index (κ3) is 5.62. The molecular weight excluding hydrogens is 424 g/mol. The van der Waals surface area contributed by atoms with E-state index < -0.39 is 0 Å². The Labute approximate surface area is 203 Å². The first-order chi connectivity index (χ1) is 16.6. The van der Waals surface area contributed by atoms with E-state index in [1.807, 2.05) is 30.5 Å². The molecule has 4 heterocycles. The second-order valence-electron chi connectivity index (χ2n) is 9.46. The van der Waals surface area contributed by atoms with Crippen molar-refractivity contribution in [3.05, 3.63) is 48.2 Å². The zero-order chi connectivity index (χ0) is 23.9. The van der Waals surface area contributed by atoms with Crippen LogP contribution < -0.4 is 4.74 Å². The number of carbonyl (C=O) groups is 1. The van der Waals surface area contributed by atoms with E-state index in [-0.39, 0.29) is 18.1 Å². The van der Waals surface area contributed by atoms with Crippen LogP contribution in [0, 0.1) is 23.7 Å². The standard InChI is InChI=1S/C29H36N2O3/c1-4-5-6-7-8-9-10-11-23-20-31-17-15-22(23)18-28(31)29(34-21(2)32)25-14-16-30-27-13-12-24(33-3)19-26(25)27/h10-14,16,19,22-23,28-29H,4-7,15,17-18,20H2,1-3H3/b11-10+/t22-,23-,28+,29-/m0/s1. The van der Waals surface area contributed by atoms with Gasteiger partial charge in [-0.15, -0.1) is 0 Å². The third-order valence-electron chi connectivity index (χ3n) is 7.22. The van der Waals surface area contributed by atoms with Crippen molar-refractivity contribution >= 4 is 16.9 Å². The number of ether oxygens (including phenoxy) is 2. The van der Waals surface area contributed by atoms with Gasteiger partial charge >= 0.3 is 5.97 Å². The lowest BCUT2D eigenvalue weighted by Gasteiger charge is -2.51. The molecule has 1 aromatic carbocycles. The van der Waals surface area contributed by atoms with E-state index in [1.54, 1.807) is 7.11 Å². The highest BCUT2D eigenvalue weighted by Crippen LogP contribution is 2.43. The number of nitrogens with zero attached hydrogens (tertiary/aromatic N) is 2. The van der Waals surface area contributed by atoms with Gasteiger partial charge in [-0.2, -0.15) is 0 Å². The number of benzene rings is 1. The monoisotopic (exact) mass is 460 g/mol. The van der Waals surface area contributed by atoms with Crippen LogP contribution in [0.3, 0.4) is 0 Å². The molecule has 5 rings (SSSR count). The number of hydrogen-bond acceptors (Lipinski definition) is 5. The van der Waals surface area contributed by atoms with Gasteiger partial charge in [0, 0.05) is 37.0 Å². The van der Waals surface area contributed by atoms with Gasteiger partial charge < -0.3 is 9.47 Å². The SMILES string of the molecule is CCCCCC#C/C=C/[C@H]1CN2CC[C@H]1C[C@@H]2[C@@H](OC(C)=O)c1ccnc2ccc(OC)cc12. The second kappa shape index (κ2) is 11.5. The van der Waals surface area contributed by atoms with Crippen molar-refractivity contribution in [2.24, 2.45) is 11.8 Å². The molecular formula is C29H36N2O3. The first-order valence-corrected chi connectivity index (χ1v) is 12.6. The Kier molecular flexibility index (Phi) is 8.24. The van der Waals surface area contributed by atoms with Gasteiger partial charge in [-0.25, -0.2) is 0 Å². The van der Waals surface area contributed by atoms with Crippen LogP contribution in [0.25, 0.3) is 10.9 Å². The first kappa shape index (κ1) is 24.3. The lowest BCUT2D eigenvalue weighted by molar-refractivity contribution is -0.154. The van der Waals surface area contributed by atoms with Crippen molar-refractivity contribution in [1.82, 2.24) is 9.88 Å². The zero-order valence-corrected chi connectivity index (χ0v) is 20.6. The summed E-state index contributed by atoms with van der Waals surface area (Å²) in [7, 11) is 1.66. The van der Waals surface area contributed by atoms with Crippen LogP contribution in [0.1, 0.15) is 64.0 Å². The van der Waals surface area contributed by atoms with E-state index in [0.717, 1.165) is 48.1 Å². The highest BCUT2D eigenvalue weighted by molar-refractivity contribution is 5.84. The summed E-state index contributed by atoms with van der Waals surface area (Å²) < 4.78 is 11.5. The van der Waals surface area contributed by atoms with Crippen LogP contribution >= 0.6 is 0 Å². The fourth-order valence-electron chi connectivity index (χ4n) is 5.46. The normalized spacial score (nSPS) is 24.6. The fourth-order valence-corrected chi connectivity index (χ4v) is 5.46. The lowest BCUT2D eigenvalue weighted by Crippen LogP contribution is -2.55. The van der Waals surface area contributed by atoms with Crippen LogP contribution in [0.15, 0.2) is 42.6 Å². The Morgan fingerprint density at radius 3 is 2.94 bits per heavy atom.